The summed E-state index contributed by atoms with van der Waals surface area (Å²) in [5.41, 5.74) is 0. The van der Waals surface area contributed by atoms with Crippen LogP contribution in [-0.4, -0.2) is 49.6 Å². The van der Waals surface area contributed by atoms with Gasteiger partial charge in [0, 0.05) is 26.1 Å². The largest absolute Gasteiger partial charge is 0.468 e. The number of methoxy groups -OCH3 is 1. The lowest BCUT2D eigenvalue weighted by molar-refractivity contribution is -0.144. The third-order valence-corrected chi connectivity index (χ3v) is 3.37. The number of carbonyl (C=O) groups is 2. The lowest BCUT2D eigenvalue weighted by Crippen LogP contribution is -2.41. The van der Waals surface area contributed by atoms with E-state index in [0.717, 1.165) is 25.9 Å². The Labute approximate surface area is 109 Å². The van der Waals surface area contributed by atoms with Gasteiger partial charge in [-0.1, -0.05) is 0 Å². The Morgan fingerprint density at radius 1 is 1.33 bits per heavy atom. The Kier molecular flexibility index (Phi) is 6.12. The first-order chi connectivity index (χ1) is 8.63. The van der Waals surface area contributed by atoms with Crippen LogP contribution >= 0.6 is 0 Å². The predicted octanol–water partition coefficient (Wildman–Crippen LogP) is 0.786. The van der Waals surface area contributed by atoms with Gasteiger partial charge in [0.15, 0.2) is 0 Å². The second-order valence-electron chi connectivity index (χ2n) is 4.61. The molecule has 0 bridgehead atoms. The number of nitrogens with zero attached hydrogens (tertiary/aromatic N) is 1. The zero-order valence-electron chi connectivity index (χ0n) is 11.6. The third-order valence-electron chi connectivity index (χ3n) is 3.37. The van der Waals surface area contributed by atoms with Gasteiger partial charge in [0.2, 0.25) is 5.91 Å². The average Bonchev–Trinajstić information content (AvgIpc) is 3.19. The Bertz CT molecular complexity index is 286. The van der Waals surface area contributed by atoms with E-state index in [1.165, 1.54) is 7.11 Å². The summed E-state index contributed by atoms with van der Waals surface area (Å²) in [5, 5.41) is 3.14. The molecular formula is C13H24N2O3. The molecule has 0 radical (unpaired) electrons. The zero-order chi connectivity index (χ0) is 13.5. The van der Waals surface area contributed by atoms with Crippen LogP contribution in [0.15, 0.2) is 0 Å². The van der Waals surface area contributed by atoms with Crippen molar-refractivity contribution in [2.24, 2.45) is 5.92 Å². The van der Waals surface area contributed by atoms with Crippen LogP contribution < -0.4 is 5.32 Å². The molecule has 5 nitrogen and oxygen atoms in total. The van der Waals surface area contributed by atoms with Crippen molar-refractivity contribution >= 4 is 11.9 Å². The molecule has 0 aromatic carbocycles. The minimum atomic E-state index is -0.237. The number of rotatable bonds is 8. The number of esters is 1. The number of nitrogens with one attached hydrogen (secondary N) is 1. The fourth-order valence-corrected chi connectivity index (χ4v) is 2.07. The summed E-state index contributed by atoms with van der Waals surface area (Å²) in [6, 6.07) is -0.237. The van der Waals surface area contributed by atoms with Crippen molar-refractivity contribution in [1.82, 2.24) is 10.2 Å². The van der Waals surface area contributed by atoms with E-state index in [1.54, 1.807) is 4.90 Å². The highest BCUT2D eigenvalue weighted by molar-refractivity contribution is 5.77. The van der Waals surface area contributed by atoms with E-state index in [-0.39, 0.29) is 17.9 Å². The fraction of sp³-hybridized carbons (Fsp3) is 0.846. The van der Waals surface area contributed by atoms with E-state index in [2.05, 4.69) is 5.32 Å². The minimum absolute atomic E-state index is 0.131. The molecule has 0 heterocycles. The molecule has 1 atom stereocenters. The van der Waals surface area contributed by atoms with Crippen LogP contribution in [0.25, 0.3) is 0 Å². The Morgan fingerprint density at radius 3 is 2.39 bits per heavy atom. The van der Waals surface area contributed by atoms with Crippen molar-refractivity contribution in [2.45, 2.75) is 39.2 Å². The SMILES string of the molecule is CCN(CC)C(=O)CCNC(C(=O)OC)C1CC1. The van der Waals surface area contributed by atoms with Crippen molar-refractivity contribution in [2.75, 3.05) is 26.7 Å². The summed E-state index contributed by atoms with van der Waals surface area (Å²) in [5.74, 6) is 0.306. The topological polar surface area (TPSA) is 58.6 Å². The van der Waals surface area contributed by atoms with Crippen LogP contribution in [0.1, 0.15) is 33.1 Å². The first kappa shape index (κ1) is 15.0. The first-order valence-electron chi connectivity index (χ1n) is 6.73. The van der Waals surface area contributed by atoms with Crippen LogP contribution in [0.3, 0.4) is 0 Å². The van der Waals surface area contributed by atoms with Crippen LogP contribution in [0, 0.1) is 5.92 Å². The van der Waals surface area contributed by atoms with Crippen molar-refractivity contribution in [1.29, 1.82) is 0 Å². The highest BCUT2D eigenvalue weighted by atomic mass is 16.5. The van der Waals surface area contributed by atoms with Gasteiger partial charge in [-0.25, -0.2) is 0 Å². The number of amides is 1. The van der Waals surface area contributed by atoms with Gasteiger partial charge in [-0.05, 0) is 32.6 Å². The number of carbonyl (C=O) groups excluding carboxylic acids is 2. The van der Waals surface area contributed by atoms with Crippen molar-refractivity contribution < 1.29 is 14.3 Å². The standard InChI is InChI=1S/C13H24N2O3/c1-4-15(5-2)11(16)8-9-14-12(10-6-7-10)13(17)18-3/h10,12,14H,4-9H2,1-3H3. The van der Waals surface area contributed by atoms with E-state index in [4.69, 9.17) is 4.74 Å². The molecule has 0 aromatic rings. The molecule has 1 amide bonds. The van der Waals surface area contributed by atoms with E-state index in [9.17, 15) is 9.59 Å². The van der Waals surface area contributed by atoms with Crippen LogP contribution in [-0.2, 0) is 14.3 Å². The third kappa shape index (κ3) is 4.29. The first-order valence-corrected chi connectivity index (χ1v) is 6.73. The second-order valence-corrected chi connectivity index (χ2v) is 4.61. The van der Waals surface area contributed by atoms with Gasteiger partial charge in [-0.3, -0.25) is 9.59 Å². The van der Waals surface area contributed by atoms with E-state index in [1.807, 2.05) is 13.8 Å². The monoisotopic (exact) mass is 256 g/mol. The van der Waals surface area contributed by atoms with E-state index >= 15 is 0 Å². The summed E-state index contributed by atoms with van der Waals surface area (Å²) < 4.78 is 4.76. The number of hydrogen-bond acceptors (Lipinski definition) is 4. The normalized spacial score (nSPS) is 16.2. The zero-order valence-corrected chi connectivity index (χ0v) is 11.6. The molecule has 1 aliphatic carbocycles. The average molecular weight is 256 g/mol. The number of ether oxygens (including phenoxy) is 1. The second kappa shape index (κ2) is 7.36. The van der Waals surface area contributed by atoms with Gasteiger partial charge < -0.3 is 15.0 Å². The molecule has 0 aliphatic heterocycles. The molecule has 1 rings (SSSR count). The van der Waals surface area contributed by atoms with Gasteiger partial charge >= 0.3 is 5.97 Å². The highest BCUT2D eigenvalue weighted by Crippen LogP contribution is 2.33. The summed E-state index contributed by atoms with van der Waals surface area (Å²) in [6.07, 6.45) is 2.56. The van der Waals surface area contributed by atoms with Gasteiger partial charge in [0.1, 0.15) is 6.04 Å². The maximum atomic E-state index is 11.8. The van der Waals surface area contributed by atoms with Crippen molar-refractivity contribution in [3.05, 3.63) is 0 Å². The number of hydrogen-bond donors (Lipinski definition) is 1. The molecule has 104 valence electrons. The van der Waals surface area contributed by atoms with Gasteiger partial charge in [-0.2, -0.15) is 0 Å². The van der Waals surface area contributed by atoms with Gasteiger partial charge in [0.05, 0.1) is 7.11 Å². The molecule has 0 spiro atoms. The minimum Gasteiger partial charge on any atom is -0.468 e. The molecule has 0 saturated heterocycles. The molecule has 1 unspecified atom stereocenters. The highest BCUT2D eigenvalue weighted by Gasteiger charge is 2.36. The summed E-state index contributed by atoms with van der Waals surface area (Å²) in [7, 11) is 1.40. The van der Waals surface area contributed by atoms with E-state index < -0.39 is 0 Å². The Hall–Kier alpha value is -1.10. The summed E-state index contributed by atoms with van der Waals surface area (Å²) in [6.45, 7) is 5.94. The van der Waals surface area contributed by atoms with Gasteiger partial charge in [0.25, 0.3) is 0 Å². The summed E-state index contributed by atoms with van der Waals surface area (Å²) >= 11 is 0. The van der Waals surface area contributed by atoms with Crippen molar-refractivity contribution in [3.63, 3.8) is 0 Å². The molecule has 5 heteroatoms. The van der Waals surface area contributed by atoms with Crippen LogP contribution in [0.2, 0.25) is 0 Å². The maximum Gasteiger partial charge on any atom is 0.323 e. The lowest BCUT2D eigenvalue weighted by Gasteiger charge is -2.20. The maximum absolute atomic E-state index is 11.8. The smallest absolute Gasteiger partial charge is 0.323 e. The van der Waals surface area contributed by atoms with Crippen molar-refractivity contribution in [3.8, 4) is 0 Å². The predicted molar refractivity (Wildman–Crippen MR) is 69.1 cm³/mol. The summed E-state index contributed by atoms with van der Waals surface area (Å²) in [4.78, 5) is 25.1. The quantitative estimate of drug-likeness (QED) is 0.652. The Morgan fingerprint density at radius 2 is 1.94 bits per heavy atom. The molecule has 1 N–H and O–H groups in total. The lowest BCUT2D eigenvalue weighted by atomic mass is 10.2. The molecule has 1 fully saturated rings. The molecule has 1 aliphatic rings. The molecule has 0 aromatic heterocycles. The fourth-order valence-electron chi connectivity index (χ4n) is 2.07. The van der Waals surface area contributed by atoms with Crippen LogP contribution in [0.4, 0.5) is 0 Å². The van der Waals surface area contributed by atoms with Crippen LogP contribution in [0.5, 0.6) is 0 Å². The molecular weight excluding hydrogens is 232 g/mol. The van der Waals surface area contributed by atoms with Gasteiger partial charge in [-0.15, -0.1) is 0 Å². The molecule has 1 saturated carbocycles. The molecule has 18 heavy (non-hydrogen) atoms. The Balaban J connectivity index is 2.30. The van der Waals surface area contributed by atoms with E-state index in [0.29, 0.717) is 18.9 Å².